The van der Waals surface area contributed by atoms with Crippen LogP contribution >= 0.6 is 0 Å². The highest BCUT2D eigenvalue weighted by molar-refractivity contribution is 5.57. The third-order valence-electron chi connectivity index (χ3n) is 2.35. The van der Waals surface area contributed by atoms with Crippen LogP contribution in [-0.2, 0) is 6.42 Å². The Kier molecular flexibility index (Phi) is 3.53. The van der Waals surface area contributed by atoms with Gasteiger partial charge in [0.05, 0.1) is 5.69 Å². The summed E-state index contributed by atoms with van der Waals surface area (Å²) < 4.78 is 18.2. The minimum Gasteiger partial charge on any atom is -0.383 e. The second kappa shape index (κ2) is 5.27. The summed E-state index contributed by atoms with van der Waals surface area (Å²) >= 11 is 0. The normalized spacial score (nSPS) is 10.1. The van der Waals surface area contributed by atoms with Gasteiger partial charge in [-0.3, -0.25) is 0 Å². The molecule has 0 radical (unpaired) electrons. The highest BCUT2D eigenvalue weighted by atomic mass is 19.1. The van der Waals surface area contributed by atoms with Crippen molar-refractivity contribution < 1.29 is 8.91 Å². The van der Waals surface area contributed by atoms with Crippen molar-refractivity contribution in [3.05, 3.63) is 41.3 Å². The van der Waals surface area contributed by atoms with Crippen molar-refractivity contribution in [1.82, 2.24) is 10.1 Å². The largest absolute Gasteiger partial charge is 0.383 e. The van der Waals surface area contributed by atoms with E-state index in [0.717, 1.165) is 0 Å². The first-order valence-corrected chi connectivity index (χ1v) is 5.42. The maximum Gasteiger partial charge on any atom is 0.228 e. The topological polar surface area (TPSA) is 74.7 Å². The van der Waals surface area contributed by atoms with Gasteiger partial charge in [-0.1, -0.05) is 11.2 Å². The average molecular weight is 246 g/mol. The van der Waals surface area contributed by atoms with Crippen LogP contribution in [0.25, 0.3) is 0 Å². The van der Waals surface area contributed by atoms with E-state index in [-0.39, 0.29) is 5.56 Å². The summed E-state index contributed by atoms with van der Waals surface area (Å²) in [6.45, 7) is 2.22. The van der Waals surface area contributed by atoms with Gasteiger partial charge < -0.3 is 9.84 Å². The van der Waals surface area contributed by atoms with Crippen molar-refractivity contribution in [3.8, 4) is 6.07 Å². The lowest BCUT2D eigenvalue weighted by molar-refractivity contribution is 0.377. The molecule has 0 saturated carbocycles. The van der Waals surface area contributed by atoms with Crippen LogP contribution in [0.2, 0.25) is 0 Å². The number of benzene rings is 1. The molecule has 0 atom stereocenters. The Morgan fingerprint density at radius 2 is 2.33 bits per heavy atom. The van der Waals surface area contributed by atoms with Crippen molar-refractivity contribution in [1.29, 1.82) is 5.26 Å². The van der Waals surface area contributed by atoms with E-state index in [0.29, 0.717) is 30.4 Å². The highest BCUT2D eigenvalue weighted by Crippen LogP contribution is 2.17. The molecule has 1 heterocycles. The number of nitrogens with zero attached hydrogens (tertiary/aromatic N) is 3. The molecule has 18 heavy (non-hydrogen) atoms. The van der Waals surface area contributed by atoms with Crippen molar-refractivity contribution in [3.63, 3.8) is 0 Å². The monoisotopic (exact) mass is 246 g/mol. The molecule has 0 aliphatic carbocycles. The van der Waals surface area contributed by atoms with Gasteiger partial charge in [-0.15, -0.1) is 0 Å². The number of aromatic nitrogens is 2. The fourth-order valence-corrected chi connectivity index (χ4v) is 1.53. The van der Waals surface area contributed by atoms with Crippen LogP contribution in [-0.4, -0.2) is 16.7 Å². The molecule has 0 aliphatic heterocycles. The Morgan fingerprint density at radius 1 is 1.50 bits per heavy atom. The molecular weight excluding hydrogens is 235 g/mol. The van der Waals surface area contributed by atoms with E-state index in [2.05, 4.69) is 15.5 Å². The zero-order valence-corrected chi connectivity index (χ0v) is 9.77. The molecule has 6 heteroatoms. The number of hydrogen-bond donors (Lipinski definition) is 1. The van der Waals surface area contributed by atoms with E-state index in [9.17, 15) is 4.39 Å². The van der Waals surface area contributed by atoms with Crippen molar-refractivity contribution >= 4 is 5.69 Å². The summed E-state index contributed by atoms with van der Waals surface area (Å²) in [4.78, 5) is 4.05. The SMILES string of the molecule is Cc1noc(CCNc2cccc(F)c2C#N)n1. The quantitative estimate of drug-likeness (QED) is 0.893. The van der Waals surface area contributed by atoms with Gasteiger partial charge in [-0.05, 0) is 19.1 Å². The molecule has 5 nitrogen and oxygen atoms in total. The van der Waals surface area contributed by atoms with Crippen molar-refractivity contribution in [2.24, 2.45) is 0 Å². The van der Waals surface area contributed by atoms with E-state index in [1.807, 2.05) is 6.07 Å². The smallest absolute Gasteiger partial charge is 0.228 e. The summed E-state index contributed by atoms with van der Waals surface area (Å²) in [5.74, 6) is 0.555. The molecule has 0 aliphatic rings. The molecular formula is C12H11FN4O. The maximum absolute atomic E-state index is 13.3. The molecule has 1 aromatic heterocycles. The second-order valence-corrected chi connectivity index (χ2v) is 3.69. The predicted octanol–water partition coefficient (Wildman–Crippen LogP) is 2.04. The first kappa shape index (κ1) is 12.0. The highest BCUT2D eigenvalue weighted by Gasteiger charge is 2.08. The molecule has 1 N–H and O–H groups in total. The molecule has 0 fully saturated rings. The van der Waals surface area contributed by atoms with Crippen LogP contribution in [0.1, 0.15) is 17.3 Å². The molecule has 0 bridgehead atoms. The van der Waals surface area contributed by atoms with Gasteiger partial charge in [0.15, 0.2) is 5.82 Å². The van der Waals surface area contributed by atoms with E-state index in [1.165, 1.54) is 6.07 Å². The van der Waals surface area contributed by atoms with Crippen molar-refractivity contribution in [2.45, 2.75) is 13.3 Å². The number of rotatable bonds is 4. The number of nitriles is 1. The Balaban J connectivity index is 1.99. The van der Waals surface area contributed by atoms with Gasteiger partial charge in [0, 0.05) is 13.0 Å². The van der Waals surface area contributed by atoms with Crippen LogP contribution < -0.4 is 5.32 Å². The number of halogens is 1. The first-order valence-electron chi connectivity index (χ1n) is 5.42. The Labute approximate surface area is 103 Å². The molecule has 0 unspecified atom stereocenters. The summed E-state index contributed by atoms with van der Waals surface area (Å²) in [6.07, 6.45) is 0.516. The lowest BCUT2D eigenvalue weighted by atomic mass is 10.2. The zero-order valence-electron chi connectivity index (χ0n) is 9.77. The van der Waals surface area contributed by atoms with Crippen LogP contribution in [0.3, 0.4) is 0 Å². The molecule has 0 spiro atoms. The standard InChI is InChI=1S/C12H11FN4O/c1-8-16-12(18-17-8)5-6-15-11-4-2-3-10(13)9(11)7-14/h2-4,15H,5-6H2,1H3. The minimum absolute atomic E-state index is 0.0132. The average Bonchev–Trinajstić information content (AvgIpc) is 2.75. The zero-order chi connectivity index (χ0) is 13.0. The molecule has 2 aromatic rings. The van der Waals surface area contributed by atoms with Crippen molar-refractivity contribution in [2.75, 3.05) is 11.9 Å². The van der Waals surface area contributed by atoms with E-state index in [1.54, 1.807) is 19.1 Å². The van der Waals surface area contributed by atoms with Gasteiger partial charge in [0.2, 0.25) is 5.89 Å². The van der Waals surface area contributed by atoms with Gasteiger partial charge in [-0.25, -0.2) is 4.39 Å². The lowest BCUT2D eigenvalue weighted by Gasteiger charge is -2.06. The van der Waals surface area contributed by atoms with Gasteiger partial charge >= 0.3 is 0 Å². The number of aryl methyl sites for hydroxylation is 1. The lowest BCUT2D eigenvalue weighted by Crippen LogP contribution is -2.07. The van der Waals surface area contributed by atoms with Crippen LogP contribution in [0.15, 0.2) is 22.7 Å². The number of anilines is 1. The predicted molar refractivity (Wildman–Crippen MR) is 62.3 cm³/mol. The summed E-state index contributed by atoms with van der Waals surface area (Å²) in [7, 11) is 0. The summed E-state index contributed by atoms with van der Waals surface area (Å²) in [6, 6.07) is 6.29. The Bertz CT molecular complexity index is 588. The van der Waals surface area contributed by atoms with Crippen LogP contribution in [0, 0.1) is 24.1 Å². The first-order chi connectivity index (χ1) is 8.70. The molecule has 92 valence electrons. The fourth-order valence-electron chi connectivity index (χ4n) is 1.53. The van der Waals surface area contributed by atoms with Crippen LogP contribution in [0.4, 0.5) is 10.1 Å². The number of hydrogen-bond acceptors (Lipinski definition) is 5. The summed E-state index contributed by atoms with van der Waals surface area (Å²) in [5, 5.41) is 15.5. The van der Waals surface area contributed by atoms with E-state index >= 15 is 0 Å². The summed E-state index contributed by atoms with van der Waals surface area (Å²) in [5.41, 5.74) is 0.480. The third-order valence-corrected chi connectivity index (χ3v) is 2.35. The molecule has 0 amide bonds. The van der Waals surface area contributed by atoms with Gasteiger partial charge in [-0.2, -0.15) is 10.2 Å². The minimum atomic E-state index is -0.531. The van der Waals surface area contributed by atoms with E-state index < -0.39 is 5.82 Å². The van der Waals surface area contributed by atoms with Crippen LogP contribution in [0.5, 0.6) is 0 Å². The Morgan fingerprint density at radius 3 is 3.00 bits per heavy atom. The van der Waals surface area contributed by atoms with E-state index in [4.69, 9.17) is 9.78 Å². The Hall–Kier alpha value is -2.42. The van der Waals surface area contributed by atoms with Gasteiger partial charge in [0.25, 0.3) is 0 Å². The molecule has 2 rings (SSSR count). The second-order valence-electron chi connectivity index (χ2n) is 3.69. The van der Waals surface area contributed by atoms with Gasteiger partial charge in [0.1, 0.15) is 17.4 Å². The molecule has 0 saturated heterocycles. The molecule has 1 aromatic carbocycles. The maximum atomic E-state index is 13.3. The fraction of sp³-hybridized carbons (Fsp3) is 0.250. The third kappa shape index (κ3) is 2.63. The number of nitrogens with one attached hydrogen (secondary N) is 1.